The van der Waals surface area contributed by atoms with E-state index in [2.05, 4.69) is 10.4 Å². The lowest BCUT2D eigenvalue weighted by molar-refractivity contribution is -0.121. The molecule has 0 aliphatic carbocycles. The summed E-state index contributed by atoms with van der Waals surface area (Å²) in [7, 11) is 3.20. The second-order valence-electron chi connectivity index (χ2n) is 5.79. The van der Waals surface area contributed by atoms with Crippen LogP contribution in [0, 0.1) is 0 Å². The molecular formula is C19H20ClN3O3. The van der Waals surface area contributed by atoms with E-state index >= 15 is 0 Å². The van der Waals surface area contributed by atoms with Crippen LogP contribution in [0.3, 0.4) is 0 Å². The number of halogens is 1. The number of nitrogens with zero attached hydrogens (tertiary/aromatic N) is 2. The number of hydrogen-bond donors (Lipinski definition) is 1. The molecule has 3 rings (SSSR count). The third-order valence-corrected chi connectivity index (χ3v) is 4.32. The molecule has 136 valence electrons. The summed E-state index contributed by atoms with van der Waals surface area (Å²) in [4.78, 5) is 12.2. The van der Waals surface area contributed by atoms with E-state index in [1.165, 1.54) is 0 Å². The molecule has 0 radical (unpaired) electrons. The van der Waals surface area contributed by atoms with Crippen molar-refractivity contribution in [2.45, 2.75) is 13.0 Å². The lowest BCUT2D eigenvalue weighted by Crippen LogP contribution is -2.29. The van der Waals surface area contributed by atoms with Crippen molar-refractivity contribution in [2.75, 3.05) is 20.8 Å². The second-order valence-corrected chi connectivity index (χ2v) is 6.23. The molecule has 1 heterocycles. The molecule has 0 bridgehead atoms. The van der Waals surface area contributed by atoms with Crippen LogP contribution in [0.5, 0.6) is 11.5 Å². The summed E-state index contributed by atoms with van der Waals surface area (Å²) in [5.74, 6) is 1.26. The van der Waals surface area contributed by atoms with Crippen LogP contribution in [0.4, 0.5) is 0 Å². The minimum absolute atomic E-state index is 0.101. The van der Waals surface area contributed by atoms with Gasteiger partial charge in [0, 0.05) is 17.0 Å². The van der Waals surface area contributed by atoms with Crippen LogP contribution in [-0.4, -0.2) is 36.5 Å². The number of fused-ring (bicyclic) bond motifs is 1. The Morgan fingerprint density at radius 3 is 2.73 bits per heavy atom. The Labute approximate surface area is 156 Å². The lowest BCUT2D eigenvalue weighted by Gasteiger charge is -2.10. The third kappa shape index (κ3) is 4.08. The van der Waals surface area contributed by atoms with Gasteiger partial charge in [-0.2, -0.15) is 5.10 Å². The maximum absolute atomic E-state index is 12.2. The Morgan fingerprint density at radius 2 is 1.96 bits per heavy atom. The highest BCUT2D eigenvalue weighted by Crippen LogP contribution is 2.27. The van der Waals surface area contributed by atoms with Crippen LogP contribution in [0.25, 0.3) is 10.9 Å². The standard InChI is InChI=1S/C19H20ClN3O3/c1-25-17-6-3-13(9-18(17)26-2)7-8-21-19(24)12-23-16-10-15(20)5-4-14(16)11-22-23/h3-6,9-11H,7-8,12H2,1-2H3,(H,21,24). The van der Waals surface area contributed by atoms with Gasteiger partial charge in [-0.15, -0.1) is 0 Å². The average Bonchev–Trinajstić information content (AvgIpc) is 3.03. The summed E-state index contributed by atoms with van der Waals surface area (Å²) in [6.45, 7) is 0.671. The van der Waals surface area contributed by atoms with E-state index in [0.29, 0.717) is 29.5 Å². The van der Waals surface area contributed by atoms with Gasteiger partial charge in [0.2, 0.25) is 5.91 Å². The minimum Gasteiger partial charge on any atom is -0.493 e. The minimum atomic E-state index is -0.101. The van der Waals surface area contributed by atoms with E-state index in [4.69, 9.17) is 21.1 Å². The van der Waals surface area contributed by atoms with Gasteiger partial charge < -0.3 is 14.8 Å². The van der Waals surface area contributed by atoms with E-state index in [9.17, 15) is 4.79 Å². The first-order valence-corrected chi connectivity index (χ1v) is 8.57. The molecule has 6 nitrogen and oxygen atoms in total. The Kier molecular flexibility index (Phi) is 5.63. The largest absolute Gasteiger partial charge is 0.493 e. The fraction of sp³-hybridized carbons (Fsp3) is 0.263. The monoisotopic (exact) mass is 373 g/mol. The molecule has 0 aliphatic heterocycles. The Morgan fingerprint density at radius 1 is 1.15 bits per heavy atom. The molecule has 0 saturated carbocycles. The molecule has 0 fully saturated rings. The van der Waals surface area contributed by atoms with Gasteiger partial charge in [-0.1, -0.05) is 17.7 Å². The first-order chi connectivity index (χ1) is 12.6. The fourth-order valence-corrected chi connectivity index (χ4v) is 2.91. The number of nitrogens with one attached hydrogen (secondary N) is 1. The number of benzene rings is 2. The smallest absolute Gasteiger partial charge is 0.241 e. The number of rotatable bonds is 7. The predicted octanol–water partition coefficient (Wildman–Crippen LogP) is 3.07. The maximum Gasteiger partial charge on any atom is 0.241 e. The molecular weight excluding hydrogens is 354 g/mol. The number of amides is 1. The topological polar surface area (TPSA) is 65.4 Å². The lowest BCUT2D eigenvalue weighted by atomic mass is 10.1. The van der Waals surface area contributed by atoms with Gasteiger partial charge in [0.15, 0.2) is 11.5 Å². The summed E-state index contributed by atoms with van der Waals surface area (Å²) in [6.07, 6.45) is 2.42. The molecule has 3 aromatic rings. The highest BCUT2D eigenvalue weighted by molar-refractivity contribution is 6.31. The van der Waals surface area contributed by atoms with Crippen molar-refractivity contribution in [3.05, 3.63) is 53.2 Å². The summed E-state index contributed by atoms with van der Waals surface area (Å²) in [6, 6.07) is 11.2. The first-order valence-electron chi connectivity index (χ1n) is 8.19. The molecule has 0 unspecified atom stereocenters. The second kappa shape index (κ2) is 8.10. The summed E-state index contributed by atoms with van der Waals surface area (Å²) >= 11 is 6.02. The summed E-state index contributed by atoms with van der Waals surface area (Å²) < 4.78 is 12.2. The molecule has 2 aromatic carbocycles. The fourth-order valence-electron chi connectivity index (χ4n) is 2.74. The van der Waals surface area contributed by atoms with E-state index < -0.39 is 0 Å². The van der Waals surface area contributed by atoms with Gasteiger partial charge in [0.25, 0.3) is 0 Å². The number of ether oxygens (including phenoxy) is 2. The zero-order chi connectivity index (χ0) is 18.5. The molecule has 0 atom stereocenters. The van der Waals surface area contributed by atoms with Gasteiger partial charge in [-0.05, 0) is 42.3 Å². The summed E-state index contributed by atoms with van der Waals surface area (Å²) in [5, 5.41) is 8.73. The van der Waals surface area contributed by atoms with Crippen molar-refractivity contribution in [1.82, 2.24) is 15.1 Å². The number of aromatic nitrogens is 2. The van der Waals surface area contributed by atoms with Crippen molar-refractivity contribution < 1.29 is 14.3 Å². The number of carbonyl (C=O) groups excluding carboxylic acids is 1. The molecule has 0 saturated heterocycles. The zero-order valence-corrected chi connectivity index (χ0v) is 15.4. The van der Waals surface area contributed by atoms with Gasteiger partial charge in [0.05, 0.1) is 25.9 Å². The highest BCUT2D eigenvalue weighted by atomic mass is 35.5. The van der Waals surface area contributed by atoms with Crippen molar-refractivity contribution in [1.29, 1.82) is 0 Å². The van der Waals surface area contributed by atoms with Gasteiger partial charge in [-0.3, -0.25) is 9.48 Å². The number of hydrogen-bond acceptors (Lipinski definition) is 4. The SMILES string of the molecule is COc1ccc(CCNC(=O)Cn2ncc3ccc(Cl)cc32)cc1OC. The predicted molar refractivity (Wildman–Crippen MR) is 101 cm³/mol. The number of carbonyl (C=O) groups is 1. The molecule has 1 aromatic heterocycles. The Balaban J connectivity index is 1.56. The van der Waals surface area contributed by atoms with Crippen LogP contribution >= 0.6 is 11.6 Å². The van der Waals surface area contributed by atoms with E-state index in [1.807, 2.05) is 24.3 Å². The van der Waals surface area contributed by atoms with Gasteiger partial charge in [-0.25, -0.2) is 0 Å². The van der Waals surface area contributed by atoms with Crippen molar-refractivity contribution in [3.8, 4) is 11.5 Å². The van der Waals surface area contributed by atoms with Crippen LogP contribution < -0.4 is 14.8 Å². The number of methoxy groups -OCH3 is 2. The average molecular weight is 374 g/mol. The molecule has 0 spiro atoms. The quantitative estimate of drug-likeness (QED) is 0.691. The van der Waals surface area contributed by atoms with E-state index in [0.717, 1.165) is 16.5 Å². The molecule has 0 aliphatic rings. The van der Waals surface area contributed by atoms with Gasteiger partial charge in [0.1, 0.15) is 6.54 Å². The highest BCUT2D eigenvalue weighted by Gasteiger charge is 2.09. The van der Waals surface area contributed by atoms with Gasteiger partial charge >= 0.3 is 0 Å². The first kappa shape index (κ1) is 18.1. The van der Waals surface area contributed by atoms with Crippen molar-refractivity contribution in [3.63, 3.8) is 0 Å². The molecule has 1 amide bonds. The Hall–Kier alpha value is -2.73. The van der Waals surface area contributed by atoms with E-state index in [-0.39, 0.29) is 12.5 Å². The zero-order valence-electron chi connectivity index (χ0n) is 14.7. The van der Waals surface area contributed by atoms with Crippen molar-refractivity contribution >= 4 is 28.4 Å². The van der Waals surface area contributed by atoms with Crippen LogP contribution in [0.2, 0.25) is 5.02 Å². The Bertz CT molecular complexity index is 924. The van der Waals surface area contributed by atoms with Crippen molar-refractivity contribution in [2.24, 2.45) is 0 Å². The summed E-state index contributed by atoms with van der Waals surface area (Å²) in [5.41, 5.74) is 1.90. The molecule has 1 N–H and O–H groups in total. The van der Waals surface area contributed by atoms with Crippen LogP contribution in [0.1, 0.15) is 5.56 Å². The third-order valence-electron chi connectivity index (χ3n) is 4.08. The molecule has 7 heteroatoms. The van der Waals surface area contributed by atoms with Crippen LogP contribution in [-0.2, 0) is 17.8 Å². The maximum atomic E-state index is 12.2. The van der Waals surface area contributed by atoms with Crippen LogP contribution in [0.15, 0.2) is 42.6 Å². The molecule has 26 heavy (non-hydrogen) atoms. The van der Waals surface area contributed by atoms with E-state index in [1.54, 1.807) is 37.2 Å². The normalized spacial score (nSPS) is 10.7.